The fourth-order valence-electron chi connectivity index (χ4n) is 0.858. The number of benzene rings is 1. The molecule has 0 aliphatic rings. The van der Waals surface area contributed by atoms with Crippen molar-refractivity contribution in [1.29, 1.82) is 5.26 Å². The fraction of sp³-hybridized carbons (Fsp3) is 0.100. The summed E-state index contributed by atoms with van der Waals surface area (Å²) in [6.45, 7) is 0. The van der Waals surface area contributed by atoms with Crippen molar-refractivity contribution in [3.8, 4) is 6.07 Å². The summed E-state index contributed by atoms with van der Waals surface area (Å²) in [5.41, 5.74) is 0.783. The van der Waals surface area contributed by atoms with Gasteiger partial charge in [0.05, 0.1) is 12.5 Å². The molecule has 1 nitrogen and oxygen atoms in total. The molecule has 0 aliphatic heterocycles. The monoisotopic (exact) mass is 161 g/mol. The highest BCUT2D eigenvalue weighted by Gasteiger charge is 1.88. The highest BCUT2D eigenvalue weighted by molar-refractivity contribution is 5.49. The van der Waals surface area contributed by atoms with Crippen LogP contribution in [0.3, 0.4) is 0 Å². The Kier molecular flexibility index (Phi) is 3.04. The van der Waals surface area contributed by atoms with Crippen LogP contribution in [-0.4, -0.2) is 0 Å². The minimum atomic E-state index is -0.255. The Balaban J connectivity index is 2.71. The molecule has 1 rings (SSSR count). The number of rotatable bonds is 2. The van der Waals surface area contributed by atoms with E-state index < -0.39 is 0 Å². The van der Waals surface area contributed by atoms with E-state index in [2.05, 4.69) is 0 Å². The van der Waals surface area contributed by atoms with Crippen LogP contribution in [0.1, 0.15) is 12.0 Å². The molecule has 0 heterocycles. The third-order valence-corrected chi connectivity index (χ3v) is 1.37. The highest BCUT2D eigenvalue weighted by Crippen LogP contribution is 2.05. The van der Waals surface area contributed by atoms with Gasteiger partial charge in [0.2, 0.25) is 0 Å². The molecule has 12 heavy (non-hydrogen) atoms. The highest BCUT2D eigenvalue weighted by atomic mass is 19.1. The number of allylic oxidation sites excluding steroid dienone is 1. The Morgan fingerprint density at radius 1 is 1.50 bits per heavy atom. The Hall–Kier alpha value is -1.62. The lowest BCUT2D eigenvalue weighted by Gasteiger charge is -1.91. The molecule has 2 heteroatoms. The van der Waals surface area contributed by atoms with Gasteiger partial charge in [-0.2, -0.15) is 5.26 Å². The van der Waals surface area contributed by atoms with Gasteiger partial charge in [-0.25, -0.2) is 4.39 Å². The molecule has 0 radical (unpaired) electrons. The number of halogens is 1. The molecule has 0 saturated heterocycles. The molecule has 1 aromatic carbocycles. The predicted molar refractivity (Wildman–Crippen MR) is 45.7 cm³/mol. The Bertz CT molecular complexity index is 323. The smallest absolute Gasteiger partial charge is 0.123 e. The van der Waals surface area contributed by atoms with Crippen LogP contribution in [0.4, 0.5) is 4.39 Å². The average molecular weight is 161 g/mol. The van der Waals surface area contributed by atoms with E-state index in [1.165, 1.54) is 12.1 Å². The summed E-state index contributed by atoms with van der Waals surface area (Å²) in [6, 6.07) is 8.22. The summed E-state index contributed by atoms with van der Waals surface area (Å²) in [7, 11) is 0. The van der Waals surface area contributed by atoms with Gasteiger partial charge in [0.25, 0.3) is 0 Å². The topological polar surface area (TPSA) is 23.8 Å². The van der Waals surface area contributed by atoms with Gasteiger partial charge < -0.3 is 0 Å². The number of hydrogen-bond donors (Lipinski definition) is 0. The van der Waals surface area contributed by atoms with E-state index in [4.69, 9.17) is 5.26 Å². The van der Waals surface area contributed by atoms with Crippen molar-refractivity contribution in [2.24, 2.45) is 0 Å². The third-order valence-electron chi connectivity index (χ3n) is 1.37. The van der Waals surface area contributed by atoms with Crippen LogP contribution >= 0.6 is 0 Å². The van der Waals surface area contributed by atoms with E-state index in [0.29, 0.717) is 6.42 Å². The van der Waals surface area contributed by atoms with Crippen LogP contribution in [0.15, 0.2) is 30.3 Å². The zero-order valence-electron chi connectivity index (χ0n) is 6.50. The van der Waals surface area contributed by atoms with E-state index in [0.717, 1.165) is 5.56 Å². The fourth-order valence-corrected chi connectivity index (χ4v) is 0.858. The third kappa shape index (κ3) is 2.55. The van der Waals surface area contributed by atoms with E-state index in [9.17, 15) is 4.39 Å². The lowest BCUT2D eigenvalue weighted by Crippen LogP contribution is -1.74. The van der Waals surface area contributed by atoms with E-state index >= 15 is 0 Å². The van der Waals surface area contributed by atoms with Gasteiger partial charge in [0.15, 0.2) is 0 Å². The Labute approximate surface area is 70.8 Å². The van der Waals surface area contributed by atoms with Crippen molar-refractivity contribution in [2.75, 3.05) is 0 Å². The summed E-state index contributed by atoms with van der Waals surface area (Å²) in [4.78, 5) is 0. The van der Waals surface area contributed by atoms with Gasteiger partial charge >= 0.3 is 0 Å². The minimum Gasteiger partial charge on any atom is -0.207 e. The molecular weight excluding hydrogens is 153 g/mol. The minimum absolute atomic E-state index is 0.255. The molecule has 0 aromatic heterocycles. The van der Waals surface area contributed by atoms with E-state index in [-0.39, 0.29) is 5.82 Å². The first-order valence-electron chi connectivity index (χ1n) is 3.62. The first kappa shape index (κ1) is 8.48. The number of nitriles is 1. The summed E-state index contributed by atoms with van der Waals surface area (Å²) < 4.78 is 12.6. The second-order valence-corrected chi connectivity index (χ2v) is 2.32. The normalized spacial score (nSPS) is 10.0. The van der Waals surface area contributed by atoms with Crippen molar-refractivity contribution in [3.63, 3.8) is 0 Å². The molecule has 0 spiro atoms. The average Bonchev–Trinajstić information content (AvgIpc) is 2.05. The SMILES string of the molecule is N#CCC=Cc1cccc(F)c1. The van der Waals surface area contributed by atoms with Crippen molar-refractivity contribution in [2.45, 2.75) is 6.42 Å². The first-order valence-corrected chi connectivity index (χ1v) is 3.62. The van der Waals surface area contributed by atoms with Gasteiger partial charge in [-0.1, -0.05) is 24.3 Å². The molecule has 0 aliphatic carbocycles. The second-order valence-electron chi connectivity index (χ2n) is 2.32. The maximum Gasteiger partial charge on any atom is 0.123 e. The van der Waals surface area contributed by atoms with Gasteiger partial charge in [-0.05, 0) is 17.7 Å². The second kappa shape index (κ2) is 4.30. The number of hydrogen-bond acceptors (Lipinski definition) is 1. The van der Waals surface area contributed by atoms with E-state index in [1.807, 2.05) is 6.07 Å². The molecule has 1 aromatic rings. The lowest BCUT2D eigenvalue weighted by atomic mass is 10.2. The summed E-state index contributed by atoms with van der Waals surface area (Å²) in [5.74, 6) is -0.255. The quantitative estimate of drug-likeness (QED) is 0.654. The molecule has 0 fully saturated rings. The van der Waals surface area contributed by atoms with Gasteiger partial charge in [0, 0.05) is 0 Å². The molecule has 0 bridgehead atoms. The number of nitrogens with zero attached hydrogens (tertiary/aromatic N) is 1. The van der Waals surface area contributed by atoms with Crippen LogP contribution in [0.25, 0.3) is 6.08 Å². The van der Waals surface area contributed by atoms with Gasteiger partial charge in [-0.3, -0.25) is 0 Å². The summed E-state index contributed by atoms with van der Waals surface area (Å²) in [6.07, 6.45) is 3.79. The predicted octanol–water partition coefficient (Wildman–Crippen LogP) is 2.75. The van der Waals surface area contributed by atoms with Crippen LogP contribution < -0.4 is 0 Å². The molecule has 0 saturated carbocycles. The summed E-state index contributed by atoms with van der Waals surface area (Å²) in [5, 5.41) is 8.22. The van der Waals surface area contributed by atoms with E-state index in [1.54, 1.807) is 24.3 Å². The standard InChI is InChI=1S/C10H8FN/c11-10-6-3-5-9(8-10)4-1-2-7-12/h1,3-6,8H,2H2. The molecule has 0 N–H and O–H groups in total. The largest absolute Gasteiger partial charge is 0.207 e. The van der Waals surface area contributed by atoms with Crippen molar-refractivity contribution in [1.82, 2.24) is 0 Å². The van der Waals surface area contributed by atoms with Crippen LogP contribution in [0.2, 0.25) is 0 Å². The molecular formula is C10H8FN. The Morgan fingerprint density at radius 2 is 2.33 bits per heavy atom. The van der Waals surface area contributed by atoms with Crippen LogP contribution in [-0.2, 0) is 0 Å². The van der Waals surface area contributed by atoms with Crippen LogP contribution in [0.5, 0.6) is 0 Å². The maximum absolute atomic E-state index is 12.6. The van der Waals surface area contributed by atoms with Crippen LogP contribution in [0, 0.1) is 17.1 Å². The van der Waals surface area contributed by atoms with Crippen molar-refractivity contribution < 1.29 is 4.39 Å². The van der Waals surface area contributed by atoms with Gasteiger partial charge in [0.1, 0.15) is 5.82 Å². The molecule has 60 valence electrons. The first-order chi connectivity index (χ1) is 5.83. The van der Waals surface area contributed by atoms with Gasteiger partial charge in [-0.15, -0.1) is 0 Å². The Morgan fingerprint density at radius 3 is 3.00 bits per heavy atom. The zero-order valence-corrected chi connectivity index (χ0v) is 6.50. The maximum atomic E-state index is 12.6. The zero-order chi connectivity index (χ0) is 8.81. The molecule has 0 atom stereocenters. The summed E-state index contributed by atoms with van der Waals surface area (Å²) >= 11 is 0. The molecule has 0 unspecified atom stereocenters. The van der Waals surface area contributed by atoms with Crippen molar-refractivity contribution >= 4 is 6.08 Å². The van der Waals surface area contributed by atoms with Crippen molar-refractivity contribution in [3.05, 3.63) is 41.7 Å². The lowest BCUT2D eigenvalue weighted by molar-refractivity contribution is 0.627. The molecule has 0 amide bonds.